The first kappa shape index (κ1) is 13.9. The van der Waals surface area contributed by atoms with Gasteiger partial charge >= 0.3 is 11.9 Å². The van der Waals surface area contributed by atoms with Crippen molar-refractivity contribution in [2.75, 3.05) is 18.6 Å². The van der Waals surface area contributed by atoms with E-state index in [4.69, 9.17) is 4.74 Å². The van der Waals surface area contributed by atoms with Gasteiger partial charge in [-0.25, -0.2) is 9.59 Å². The number of hydrogen-bond donors (Lipinski definition) is 1. The van der Waals surface area contributed by atoms with Crippen LogP contribution in [0.3, 0.4) is 0 Å². The summed E-state index contributed by atoms with van der Waals surface area (Å²) in [6.45, 7) is 2.23. The van der Waals surface area contributed by atoms with Crippen LogP contribution in [0.5, 0.6) is 0 Å². The van der Waals surface area contributed by atoms with E-state index in [1.165, 1.54) is 7.11 Å². The lowest BCUT2D eigenvalue weighted by Gasteiger charge is -2.33. The average molecular weight is 328 g/mol. The quantitative estimate of drug-likeness (QED) is 0.677. The normalized spacial score (nSPS) is 21.1. The van der Waals surface area contributed by atoms with Crippen molar-refractivity contribution in [3.05, 3.63) is 28.2 Å². The summed E-state index contributed by atoms with van der Waals surface area (Å²) >= 11 is 3.35. The molecule has 1 heterocycles. The second kappa shape index (κ2) is 4.85. The van der Waals surface area contributed by atoms with Gasteiger partial charge in [0.05, 0.1) is 7.11 Å². The van der Waals surface area contributed by atoms with E-state index >= 15 is 0 Å². The van der Waals surface area contributed by atoms with Crippen LogP contribution in [-0.2, 0) is 20.7 Å². The Morgan fingerprint density at radius 1 is 1.53 bits per heavy atom. The maximum atomic E-state index is 12.0. The fourth-order valence-corrected chi connectivity index (χ4v) is 3.01. The van der Waals surface area contributed by atoms with Gasteiger partial charge in [0.15, 0.2) is 0 Å². The van der Waals surface area contributed by atoms with Gasteiger partial charge in [0.1, 0.15) is 0 Å². The molecule has 5 nitrogen and oxygen atoms in total. The molecule has 1 N–H and O–H groups in total. The molecule has 0 fully saturated rings. The number of carbonyl (C=O) groups is 2. The molecule has 0 saturated heterocycles. The Labute approximate surface area is 119 Å². The molecule has 0 aliphatic carbocycles. The number of carboxylic acid groups (broad SMARTS) is 1. The largest absolute Gasteiger partial charge is 0.479 e. The summed E-state index contributed by atoms with van der Waals surface area (Å²) in [6.07, 6.45) is 0.109. The van der Waals surface area contributed by atoms with Crippen LogP contribution >= 0.6 is 15.9 Å². The van der Waals surface area contributed by atoms with E-state index < -0.39 is 17.5 Å². The minimum atomic E-state index is -1.66. The number of ether oxygens (including phenoxy) is 1. The highest BCUT2D eigenvalue weighted by molar-refractivity contribution is 9.10. The zero-order valence-corrected chi connectivity index (χ0v) is 12.2. The number of carboxylic acids is 1. The predicted molar refractivity (Wildman–Crippen MR) is 73.2 cm³/mol. The minimum Gasteiger partial charge on any atom is -0.479 e. The number of anilines is 1. The van der Waals surface area contributed by atoms with Crippen LogP contribution < -0.4 is 4.90 Å². The third-order valence-electron chi connectivity index (χ3n) is 3.43. The van der Waals surface area contributed by atoms with Crippen molar-refractivity contribution in [1.29, 1.82) is 0 Å². The standard InChI is InChI=1S/C13H14BrNO4/c1-3-15-10-5-4-9(14)6-8(10)7-13(15,11(16)17)12(18)19-2/h4-6H,3,7H2,1-2H3,(H,16,17). The molecular formula is C13H14BrNO4. The van der Waals surface area contributed by atoms with Crippen LogP contribution in [0.1, 0.15) is 12.5 Å². The first-order valence-corrected chi connectivity index (χ1v) is 6.64. The van der Waals surface area contributed by atoms with Crippen molar-refractivity contribution in [1.82, 2.24) is 0 Å². The maximum absolute atomic E-state index is 12.0. The van der Waals surface area contributed by atoms with E-state index in [1.54, 1.807) is 4.90 Å². The fraction of sp³-hybridized carbons (Fsp3) is 0.385. The number of esters is 1. The highest BCUT2D eigenvalue weighted by atomic mass is 79.9. The molecule has 0 bridgehead atoms. The Kier molecular flexibility index (Phi) is 3.54. The maximum Gasteiger partial charge on any atom is 0.343 e. The van der Waals surface area contributed by atoms with E-state index in [0.29, 0.717) is 6.54 Å². The van der Waals surface area contributed by atoms with Crippen LogP contribution in [0.2, 0.25) is 0 Å². The Hall–Kier alpha value is -1.56. The number of benzene rings is 1. The van der Waals surface area contributed by atoms with Gasteiger partial charge in [0, 0.05) is 23.1 Å². The molecule has 0 radical (unpaired) electrons. The molecule has 0 aromatic heterocycles. The Morgan fingerprint density at radius 3 is 2.74 bits per heavy atom. The van der Waals surface area contributed by atoms with E-state index in [-0.39, 0.29) is 6.42 Å². The smallest absolute Gasteiger partial charge is 0.343 e. The molecule has 102 valence electrons. The summed E-state index contributed by atoms with van der Waals surface area (Å²) < 4.78 is 5.57. The lowest BCUT2D eigenvalue weighted by Crippen LogP contribution is -2.59. The lowest BCUT2D eigenvalue weighted by molar-refractivity contribution is -0.158. The van der Waals surface area contributed by atoms with Crippen molar-refractivity contribution in [2.45, 2.75) is 18.9 Å². The lowest BCUT2D eigenvalue weighted by atomic mass is 9.94. The Bertz CT molecular complexity index is 545. The highest BCUT2D eigenvalue weighted by Gasteiger charge is 2.56. The molecule has 1 aliphatic heterocycles. The topological polar surface area (TPSA) is 66.8 Å². The molecule has 1 aliphatic rings. The van der Waals surface area contributed by atoms with Crippen molar-refractivity contribution in [3.8, 4) is 0 Å². The Balaban J connectivity index is 2.60. The predicted octanol–water partition coefficient (Wildman–Crippen LogP) is 1.83. The molecule has 0 spiro atoms. The monoisotopic (exact) mass is 327 g/mol. The minimum absolute atomic E-state index is 0.109. The zero-order valence-electron chi connectivity index (χ0n) is 10.6. The van der Waals surface area contributed by atoms with Crippen LogP contribution in [0.15, 0.2) is 22.7 Å². The molecule has 1 aromatic rings. The van der Waals surface area contributed by atoms with Crippen molar-refractivity contribution < 1.29 is 19.4 Å². The molecule has 1 atom stereocenters. The molecule has 1 unspecified atom stereocenters. The molecule has 2 rings (SSSR count). The number of rotatable bonds is 3. The van der Waals surface area contributed by atoms with Crippen LogP contribution in [0.4, 0.5) is 5.69 Å². The third kappa shape index (κ3) is 1.90. The average Bonchev–Trinajstić information content (AvgIpc) is 2.71. The van der Waals surface area contributed by atoms with Gasteiger partial charge in [-0.2, -0.15) is 0 Å². The number of hydrogen-bond acceptors (Lipinski definition) is 4. The number of aliphatic carboxylic acids is 1. The molecule has 0 amide bonds. The van der Waals surface area contributed by atoms with Crippen LogP contribution in [0, 0.1) is 0 Å². The number of carbonyl (C=O) groups excluding carboxylic acids is 1. The first-order chi connectivity index (χ1) is 8.97. The van der Waals surface area contributed by atoms with Crippen molar-refractivity contribution >= 4 is 33.6 Å². The summed E-state index contributed by atoms with van der Waals surface area (Å²) in [5, 5.41) is 9.55. The number of methoxy groups -OCH3 is 1. The van der Waals surface area contributed by atoms with Gasteiger partial charge < -0.3 is 14.7 Å². The number of likely N-dealkylation sites (N-methyl/N-ethyl adjacent to an activating group) is 1. The molecule has 0 saturated carbocycles. The summed E-state index contributed by atoms with van der Waals surface area (Å²) in [5.74, 6) is -1.93. The highest BCUT2D eigenvalue weighted by Crippen LogP contribution is 2.40. The van der Waals surface area contributed by atoms with Crippen molar-refractivity contribution in [2.24, 2.45) is 0 Å². The second-order valence-corrected chi connectivity index (χ2v) is 5.27. The van der Waals surface area contributed by atoms with Gasteiger partial charge in [0.2, 0.25) is 5.54 Å². The summed E-state index contributed by atoms with van der Waals surface area (Å²) in [6, 6.07) is 5.48. The van der Waals surface area contributed by atoms with E-state index in [1.807, 2.05) is 25.1 Å². The molecule has 19 heavy (non-hydrogen) atoms. The number of fused-ring (bicyclic) bond motifs is 1. The van der Waals surface area contributed by atoms with Gasteiger partial charge in [-0.15, -0.1) is 0 Å². The van der Waals surface area contributed by atoms with Crippen LogP contribution in [0.25, 0.3) is 0 Å². The first-order valence-electron chi connectivity index (χ1n) is 5.85. The molecular weight excluding hydrogens is 314 g/mol. The van der Waals surface area contributed by atoms with E-state index in [9.17, 15) is 14.7 Å². The molecule has 6 heteroatoms. The molecule has 1 aromatic carbocycles. The third-order valence-corrected chi connectivity index (χ3v) is 3.93. The van der Waals surface area contributed by atoms with Crippen molar-refractivity contribution in [3.63, 3.8) is 0 Å². The summed E-state index contributed by atoms with van der Waals surface area (Å²) in [7, 11) is 1.21. The van der Waals surface area contributed by atoms with Gasteiger partial charge in [-0.3, -0.25) is 0 Å². The van der Waals surface area contributed by atoms with E-state index in [2.05, 4.69) is 15.9 Å². The SMILES string of the molecule is CCN1c2ccc(Br)cc2CC1(C(=O)O)C(=O)OC. The second-order valence-electron chi connectivity index (χ2n) is 4.35. The fourth-order valence-electron chi connectivity index (χ4n) is 2.61. The van der Waals surface area contributed by atoms with Crippen LogP contribution in [-0.4, -0.2) is 36.2 Å². The van der Waals surface area contributed by atoms with Gasteiger partial charge in [-0.05, 0) is 30.7 Å². The van der Waals surface area contributed by atoms with E-state index in [0.717, 1.165) is 15.7 Å². The number of halogens is 1. The summed E-state index contributed by atoms with van der Waals surface area (Å²) in [5.41, 5.74) is -0.0744. The van der Waals surface area contributed by atoms with Gasteiger partial charge in [0.25, 0.3) is 0 Å². The number of nitrogens with zero attached hydrogens (tertiary/aromatic N) is 1. The van der Waals surface area contributed by atoms with Gasteiger partial charge in [-0.1, -0.05) is 15.9 Å². The Morgan fingerprint density at radius 2 is 2.21 bits per heavy atom. The zero-order chi connectivity index (χ0) is 14.2. The summed E-state index contributed by atoms with van der Waals surface area (Å²) in [4.78, 5) is 25.3.